The molecule has 1 fully saturated rings. The lowest BCUT2D eigenvalue weighted by molar-refractivity contribution is 0.0446. The fourth-order valence-electron chi connectivity index (χ4n) is 2.92. The first-order valence-corrected chi connectivity index (χ1v) is 5.49. The summed E-state index contributed by atoms with van der Waals surface area (Å²) in [4.78, 5) is 2.45. The van der Waals surface area contributed by atoms with Crippen molar-refractivity contribution in [3.63, 3.8) is 0 Å². The van der Waals surface area contributed by atoms with Gasteiger partial charge in [-0.3, -0.25) is 0 Å². The minimum absolute atomic E-state index is 0.510. The molecule has 1 heterocycles. The lowest BCUT2D eigenvalue weighted by atomic mass is 9.71. The van der Waals surface area contributed by atoms with Crippen LogP contribution in [0.2, 0.25) is 0 Å². The topological polar surface area (TPSA) is 3.24 Å². The van der Waals surface area contributed by atoms with Crippen LogP contribution < -0.4 is 0 Å². The van der Waals surface area contributed by atoms with Crippen LogP contribution in [-0.4, -0.2) is 25.0 Å². The van der Waals surface area contributed by atoms with Crippen LogP contribution in [0.15, 0.2) is 0 Å². The Labute approximate surface area is 84.5 Å². The summed E-state index contributed by atoms with van der Waals surface area (Å²) in [6, 6.07) is 0. The number of rotatable bonds is 0. The van der Waals surface area contributed by atoms with Gasteiger partial charge in [0.15, 0.2) is 0 Å². The molecule has 0 atom stereocenters. The van der Waals surface area contributed by atoms with Gasteiger partial charge in [0.1, 0.15) is 0 Å². The van der Waals surface area contributed by atoms with Crippen molar-refractivity contribution in [3.05, 3.63) is 0 Å². The molecule has 1 saturated heterocycles. The Bertz CT molecular complexity index is 131. The lowest BCUT2D eigenvalue weighted by Gasteiger charge is -2.45. The molecule has 0 aliphatic carbocycles. The van der Waals surface area contributed by atoms with Gasteiger partial charge in [-0.2, -0.15) is 0 Å². The predicted molar refractivity (Wildman–Crippen MR) is 61.0 cm³/mol. The normalized spacial score (nSPS) is 26.1. The molecule has 0 aromatic rings. The van der Waals surface area contributed by atoms with Crippen LogP contribution in [-0.2, 0) is 0 Å². The van der Waals surface area contributed by atoms with Gasteiger partial charge < -0.3 is 4.90 Å². The van der Waals surface area contributed by atoms with Gasteiger partial charge in [0, 0.05) is 13.1 Å². The molecular formula is C12H27N. The van der Waals surface area contributed by atoms with E-state index in [2.05, 4.69) is 39.6 Å². The Hall–Kier alpha value is -0.0400. The molecule has 1 heteroatoms. The van der Waals surface area contributed by atoms with Crippen molar-refractivity contribution >= 4 is 0 Å². The van der Waals surface area contributed by atoms with E-state index < -0.39 is 0 Å². The van der Waals surface area contributed by atoms with Crippen LogP contribution in [0.25, 0.3) is 0 Å². The van der Waals surface area contributed by atoms with Crippen LogP contribution in [0.1, 0.15) is 48.0 Å². The molecule has 0 N–H and O–H groups in total. The number of nitrogens with zero attached hydrogens (tertiary/aromatic N) is 1. The monoisotopic (exact) mass is 185 g/mol. The van der Waals surface area contributed by atoms with Crippen molar-refractivity contribution < 1.29 is 0 Å². The molecule has 0 saturated carbocycles. The number of hydrogen-bond donors (Lipinski definition) is 0. The minimum Gasteiger partial charge on any atom is -0.305 e. The van der Waals surface area contributed by atoms with Crippen molar-refractivity contribution in [1.82, 2.24) is 4.90 Å². The Balaban J connectivity index is 0.000000671. The summed E-state index contributed by atoms with van der Waals surface area (Å²) < 4.78 is 0. The summed E-state index contributed by atoms with van der Waals surface area (Å²) in [5, 5.41) is 0. The van der Waals surface area contributed by atoms with Gasteiger partial charge >= 0.3 is 0 Å². The van der Waals surface area contributed by atoms with Crippen molar-refractivity contribution in [2.24, 2.45) is 10.8 Å². The van der Waals surface area contributed by atoms with Crippen molar-refractivity contribution in [2.75, 3.05) is 20.1 Å². The quantitative estimate of drug-likeness (QED) is 0.559. The first kappa shape index (κ1) is 13.0. The Morgan fingerprint density at radius 2 is 1.15 bits per heavy atom. The Kier molecular flexibility index (Phi) is 4.44. The van der Waals surface area contributed by atoms with Crippen molar-refractivity contribution in [1.29, 1.82) is 0 Å². The SMILES string of the molecule is CC.CN1CC(C)(C)CC(C)(C)C1. The predicted octanol–water partition coefficient (Wildman–Crippen LogP) is 3.40. The Morgan fingerprint density at radius 3 is 1.38 bits per heavy atom. The van der Waals surface area contributed by atoms with E-state index in [1.165, 1.54) is 19.5 Å². The highest BCUT2D eigenvalue weighted by atomic mass is 15.1. The molecule has 1 nitrogen and oxygen atoms in total. The summed E-state index contributed by atoms with van der Waals surface area (Å²) in [6.07, 6.45) is 1.35. The van der Waals surface area contributed by atoms with Gasteiger partial charge in [0.05, 0.1) is 0 Å². The first-order valence-electron chi connectivity index (χ1n) is 5.49. The minimum atomic E-state index is 0.510. The molecule has 0 aromatic heterocycles. The molecule has 1 aliphatic rings. The Morgan fingerprint density at radius 1 is 0.846 bits per heavy atom. The second kappa shape index (κ2) is 4.45. The third-order valence-electron chi connectivity index (χ3n) is 2.35. The maximum absolute atomic E-state index is 2.45. The van der Waals surface area contributed by atoms with Gasteiger partial charge in [0.2, 0.25) is 0 Å². The third kappa shape index (κ3) is 4.66. The number of likely N-dealkylation sites (tertiary alicyclic amines) is 1. The van der Waals surface area contributed by atoms with Gasteiger partial charge in [-0.15, -0.1) is 0 Å². The molecule has 80 valence electrons. The molecule has 1 rings (SSSR count). The summed E-state index contributed by atoms with van der Waals surface area (Å²) in [7, 11) is 2.22. The van der Waals surface area contributed by atoms with Gasteiger partial charge in [-0.05, 0) is 24.3 Å². The van der Waals surface area contributed by atoms with Crippen LogP contribution in [0.3, 0.4) is 0 Å². The standard InChI is InChI=1S/C10H21N.C2H6/c1-9(2)6-10(3,4)8-11(5)7-9;1-2/h6-8H2,1-5H3;1-2H3. The highest BCUT2D eigenvalue weighted by Gasteiger charge is 2.35. The third-order valence-corrected chi connectivity index (χ3v) is 2.35. The fourth-order valence-corrected chi connectivity index (χ4v) is 2.92. The molecule has 0 bridgehead atoms. The number of hydrogen-bond acceptors (Lipinski definition) is 1. The van der Waals surface area contributed by atoms with E-state index in [1.54, 1.807) is 0 Å². The molecule has 0 amide bonds. The first-order chi connectivity index (χ1) is 5.81. The average Bonchev–Trinajstić information content (AvgIpc) is 1.82. The zero-order valence-corrected chi connectivity index (χ0v) is 10.6. The second-order valence-electron chi connectivity index (χ2n) is 5.68. The number of piperidine rings is 1. The van der Waals surface area contributed by atoms with Crippen LogP contribution >= 0.6 is 0 Å². The fraction of sp³-hybridized carbons (Fsp3) is 1.00. The van der Waals surface area contributed by atoms with E-state index in [0.717, 1.165) is 0 Å². The lowest BCUT2D eigenvalue weighted by Crippen LogP contribution is -2.46. The smallest absolute Gasteiger partial charge is 0.00301 e. The van der Waals surface area contributed by atoms with Crippen LogP contribution in [0, 0.1) is 10.8 Å². The highest BCUT2D eigenvalue weighted by molar-refractivity contribution is 4.88. The molecular weight excluding hydrogens is 158 g/mol. The van der Waals surface area contributed by atoms with E-state index in [4.69, 9.17) is 0 Å². The maximum atomic E-state index is 2.45. The molecule has 0 aromatic carbocycles. The molecule has 0 unspecified atom stereocenters. The summed E-state index contributed by atoms with van der Waals surface area (Å²) in [5.74, 6) is 0. The highest BCUT2D eigenvalue weighted by Crippen LogP contribution is 2.38. The molecule has 0 radical (unpaired) electrons. The van der Waals surface area contributed by atoms with E-state index in [0.29, 0.717) is 10.8 Å². The van der Waals surface area contributed by atoms with Gasteiger partial charge in [-0.1, -0.05) is 41.5 Å². The zero-order chi connectivity index (χ0) is 10.7. The maximum Gasteiger partial charge on any atom is 0.00301 e. The zero-order valence-electron chi connectivity index (χ0n) is 10.6. The average molecular weight is 185 g/mol. The van der Waals surface area contributed by atoms with Crippen LogP contribution in [0.4, 0.5) is 0 Å². The second-order valence-corrected chi connectivity index (χ2v) is 5.68. The van der Waals surface area contributed by atoms with E-state index >= 15 is 0 Å². The van der Waals surface area contributed by atoms with E-state index in [9.17, 15) is 0 Å². The molecule has 0 spiro atoms. The van der Waals surface area contributed by atoms with Crippen molar-refractivity contribution in [3.8, 4) is 0 Å². The van der Waals surface area contributed by atoms with Crippen molar-refractivity contribution in [2.45, 2.75) is 48.0 Å². The summed E-state index contributed by atoms with van der Waals surface area (Å²) in [6.45, 7) is 16.0. The summed E-state index contributed by atoms with van der Waals surface area (Å²) in [5.41, 5.74) is 1.02. The molecule has 13 heavy (non-hydrogen) atoms. The van der Waals surface area contributed by atoms with Gasteiger partial charge in [-0.25, -0.2) is 0 Å². The van der Waals surface area contributed by atoms with Gasteiger partial charge in [0.25, 0.3) is 0 Å². The van der Waals surface area contributed by atoms with E-state index in [-0.39, 0.29) is 0 Å². The summed E-state index contributed by atoms with van der Waals surface area (Å²) >= 11 is 0. The largest absolute Gasteiger partial charge is 0.305 e. The molecule has 1 aliphatic heterocycles. The van der Waals surface area contributed by atoms with E-state index in [1.807, 2.05) is 13.8 Å². The van der Waals surface area contributed by atoms with Crippen LogP contribution in [0.5, 0.6) is 0 Å².